The Morgan fingerprint density at radius 2 is 1.46 bits per heavy atom. The number of ether oxygens (including phenoxy) is 1. The molecule has 0 fully saturated rings. The van der Waals surface area contributed by atoms with Crippen molar-refractivity contribution < 1.29 is 53.3 Å². The average Bonchev–Trinajstić information content (AvgIpc) is 2.91. The fraction of sp³-hybridized carbons (Fsp3) is 0.462. The molecule has 1 aromatic carbocycles. The molecule has 0 heterocycles. The van der Waals surface area contributed by atoms with Gasteiger partial charge in [-0.1, -0.05) is 44.2 Å². The van der Waals surface area contributed by atoms with E-state index in [9.17, 15) is 38.4 Å². The molecule has 1 aromatic rings. The summed E-state index contributed by atoms with van der Waals surface area (Å²) >= 11 is 0. The summed E-state index contributed by atoms with van der Waals surface area (Å²) in [5.41, 5.74) is 11.9. The van der Waals surface area contributed by atoms with Gasteiger partial charge in [-0.05, 0) is 17.9 Å². The van der Waals surface area contributed by atoms with E-state index in [2.05, 4.69) is 10.6 Å². The minimum atomic E-state index is -1.72. The predicted octanol–water partition coefficient (Wildman–Crippen LogP) is -1.55. The number of ketones is 3. The summed E-state index contributed by atoms with van der Waals surface area (Å²) in [5.74, 6) is -9.99. The molecule has 2 amide bonds. The van der Waals surface area contributed by atoms with Crippen LogP contribution in [0, 0.1) is 5.92 Å². The van der Waals surface area contributed by atoms with Crippen molar-refractivity contribution in [1.82, 2.24) is 10.6 Å². The lowest BCUT2D eigenvalue weighted by Gasteiger charge is -2.23. The third kappa shape index (κ3) is 12.0. The van der Waals surface area contributed by atoms with Gasteiger partial charge in [-0.25, -0.2) is 9.59 Å². The second-order valence-electron chi connectivity index (χ2n) is 9.46. The number of nitrogens with two attached hydrogens (primary N) is 2. The summed E-state index contributed by atoms with van der Waals surface area (Å²) in [6, 6.07) is 2.41. The van der Waals surface area contributed by atoms with Crippen molar-refractivity contribution >= 4 is 47.1 Å². The van der Waals surface area contributed by atoms with Gasteiger partial charge in [0.2, 0.25) is 23.4 Å². The van der Waals surface area contributed by atoms with Gasteiger partial charge >= 0.3 is 17.9 Å². The molecule has 41 heavy (non-hydrogen) atoms. The molecular formula is C26H34N4O11. The zero-order valence-corrected chi connectivity index (χ0v) is 22.5. The number of carboxylic acids is 2. The first kappa shape index (κ1) is 34.5. The van der Waals surface area contributed by atoms with E-state index in [1.165, 1.54) is 0 Å². The molecule has 0 unspecified atom stereocenters. The Balaban J connectivity index is 2.60. The van der Waals surface area contributed by atoms with Gasteiger partial charge in [0.15, 0.2) is 0 Å². The topological polar surface area (TPSA) is 262 Å². The van der Waals surface area contributed by atoms with Crippen LogP contribution in [0.5, 0.6) is 0 Å². The number of Topliss-reactive ketones (excluding diaryl/α,β-unsaturated/α-hetero) is 3. The Morgan fingerprint density at radius 1 is 0.854 bits per heavy atom. The van der Waals surface area contributed by atoms with Crippen LogP contribution in [0.25, 0.3) is 0 Å². The molecular weight excluding hydrogens is 544 g/mol. The summed E-state index contributed by atoms with van der Waals surface area (Å²) in [6.45, 7) is 2.90. The van der Waals surface area contributed by atoms with Gasteiger partial charge in [-0.15, -0.1) is 0 Å². The Labute approximate surface area is 235 Å². The number of carbonyl (C=O) groups is 8. The van der Waals surface area contributed by atoms with E-state index < -0.39 is 96.4 Å². The summed E-state index contributed by atoms with van der Waals surface area (Å²) < 4.78 is 4.86. The van der Waals surface area contributed by atoms with Crippen LogP contribution in [0.4, 0.5) is 0 Å². The smallest absolute Gasteiger partial charge is 0.376 e. The van der Waals surface area contributed by atoms with Crippen molar-refractivity contribution in [3.8, 4) is 0 Å². The number of carboxylic acid groups (broad SMARTS) is 2. The highest BCUT2D eigenvalue weighted by molar-refractivity contribution is 6.41. The van der Waals surface area contributed by atoms with Crippen molar-refractivity contribution in [2.24, 2.45) is 17.4 Å². The van der Waals surface area contributed by atoms with E-state index in [-0.39, 0.29) is 13.0 Å². The fourth-order valence-electron chi connectivity index (χ4n) is 3.38. The molecule has 0 aromatic heterocycles. The number of hydrogen-bond acceptors (Lipinski definition) is 11. The normalized spacial score (nSPS) is 13.7. The van der Waals surface area contributed by atoms with Crippen LogP contribution in [0.15, 0.2) is 30.3 Å². The molecule has 0 aliphatic heterocycles. The molecule has 224 valence electrons. The number of hydrogen-bond donors (Lipinski definition) is 6. The number of benzene rings is 1. The number of esters is 1. The minimum Gasteiger partial charge on any atom is -0.481 e. The quantitative estimate of drug-likeness (QED) is 0.0852. The summed E-state index contributed by atoms with van der Waals surface area (Å²) in [6.07, 6.45) is -2.43. The van der Waals surface area contributed by atoms with E-state index in [1.54, 1.807) is 44.2 Å². The van der Waals surface area contributed by atoms with Crippen LogP contribution >= 0.6 is 0 Å². The lowest BCUT2D eigenvalue weighted by atomic mass is 9.98. The Hall–Kier alpha value is -4.50. The van der Waals surface area contributed by atoms with Gasteiger partial charge in [0.25, 0.3) is 5.78 Å². The van der Waals surface area contributed by atoms with E-state index in [0.717, 1.165) is 0 Å². The standard InChI is InChI=1S/C26H34N4O11/c1-13(2)21(24(37)29-17(25(38)39)11-20(33)34)30-19(32)9-8-15(27)22(35)18(31)10-16(28)23(36)26(40)41-12-14-6-4-3-5-7-14/h3-7,13,15-17,21H,8-12,27-28H2,1-2H3,(H,29,37)(H,30,32)(H,33,34)(H,38,39)/t15-,16-,17-,21-/m0/s1. The van der Waals surface area contributed by atoms with Crippen molar-refractivity contribution in [3.63, 3.8) is 0 Å². The van der Waals surface area contributed by atoms with E-state index in [4.69, 9.17) is 26.4 Å². The number of amides is 2. The third-order valence-electron chi connectivity index (χ3n) is 5.71. The lowest BCUT2D eigenvalue weighted by Crippen LogP contribution is -2.54. The van der Waals surface area contributed by atoms with Gasteiger partial charge in [0, 0.05) is 12.8 Å². The third-order valence-corrected chi connectivity index (χ3v) is 5.71. The average molecular weight is 579 g/mol. The molecule has 0 saturated carbocycles. The minimum absolute atomic E-state index is 0.195. The molecule has 1 rings (SSSR count). The maximum Gasteiger partial charge on any atom is 0.376 e. The van der Waals surface area contributed by atoms with Gasteiger partial charge < -0.3 is 37.1 Å². The molecule has 0 radical (unpaired) electrons. The van der Waals surface area contributed by atoms with E-state index in [0.29, 0.717) is 5.56 Å². The Bertz CT molecular complexity index is 1150. The predicted molar refractivity (Wildman–Crippen MR) is 140 cm³/mol. The largest absolute Gasteiger partial charge is 0.481 e. The maximum absolute atomic E-state index is 12.5. The van der Waals surface area contributed by atoms with Crippen LogP contribution in [0.3, 0.4) is 0 Å². The van der Waals surface area contributed by atoms with Crippen LogP contribution in [0.1, 0.15) is 45.1 Å². The monoisotopic (exact) mass is 578 g/mol. The van der Waals surface area contributed by atoms with Crippen LogP contribution in [-0.2, 0) is 49.7 Å². The van der Waals surface area contributed by atoms with Crippen LogP contribution in [0.2, 0.25) is 0 Å². The number of aliphatic carboxylic acids is 2. The van der Waals surface area contributed by atoms with Gasteiger partial charge in [0.05, 0.1) is 18.5 Å². The maximum atomic E-state index is 12.5. The zero-order chi connectivity index (χ0) is 31.3. The van der Waals surface area contributed by atoms with Gasteiger partial charge in [-0.3, -0.25) is 28.8 Å². The van der Waals surface area contributed by atoms with E-state index >= 15 is 0 Å². The van der Waals surface area contributed by atoms with Crippen molar-refractivity contribution in [1.29, 1.82) is 0 Å². The number of nitrogens with one attached hydrogen (secondary N) is 2. The molecule has 15 nitrogen and oxygen atoms in total. The fourth-order valence-corrected chi connectivity index (χ4v) is 3.38. The zero-order valence-electron chi connectivity index (χ0n) is 22.5. The lowest BCUT2D eigenvalue weighted by molar-refractivity contribution is -0.155. The molecule has 4 atom stereocenters. The van der Waals surface area contributed by atoms with Crippen molar-refractivity contribution in [2.45, 2.75) is 70.3 Å². The van der Waals surface area contributed by atoms with Crippen molar-refractivity contribution in [3.05, 3.63) is 35.9 Å². The molecule has 0 saturated heterocycles. The molecule has 0 bridgehead atoms. The first-order valence-electron chi connectivity index (χ1n) is 12.5. The molecule has 0 aliphatic rings. The number of carbonyl (C=O) groups excluding carboxylic acids is 6. The number of rotatable bonds is 18. The Kier molecular flexibility index (Phi) is 14.0. The Morgan fingerprint density at radius 3 is 2.00 bits per heavy atom. The second-order valence-corrected chi connectivity index (χ2v) is 9.46. The van der Waals surface area contributed by atoms with Crippen molar-refractivity contribution in [2.75, 3.05) is 0 Å². The highest BCUT2D eigenvalue weighted by Gasteiger charge is 2.32. The highest BCUT2D eigenvalue weighted by Crippen LogP contribution is 2.07. The molecule has 8 N–H and O–H groups in total. The van der Waals surface area contributed by atoms with Crippen LogP contribution in [-0.4, -0.2) is 81.5 Å². The summed E-state index contributed by atoms with van der Waals surface area (Å²) in [7, 11) is 0. The SMILES string of the molecule is CC(C)[C@H](NC(=O)CC[C@H](N)C(=O)C(=O)C[C@H](N)C(=O)C(=O)OCc1ccccc1)C(=O)N[C@@H](CC(=O)O)C(=O)O. The summed E-state index contributed by atoms with van der Waals surface area (Å²) in [4.78, 5) is 95.6. The molecule has 0 spiro atoms. The van der Waals surface area contributed by atoms with Gasteiger partial charge in [-0.2, -0.15) is 0 Å². The summed E-state index contributed by atoms with van der Waals surface area (Å²) in [5, 5.41) is 22.3. The van der Waals surface area contributed by atoms with Crippen LogP contribution < -0.4 is 22.1 Å². The first-order valence-corrected chi connectivity index (χ1v) is 12.5. The van der Waals surface area contributed by atoms with E-state index in [1.807, 2.05) is 0 Å². The molecule has 0 aliphatic carbocycles. The first-order chi connectivity index (χ1) is 19.1. The molecule has 15 heteroatoms. The highest BCUT2D eigenvalue weighted by atomic mass is 16.5. The van der Waals surface area contributed by atoms with Gasteiger partial charge in [0.1, 0.15) is 18.7 Å². The second kappa shape index (κ2) is 16.6.